The van der Waals surface area contributed by atoms with E-state index in [1.54, 1.807) is 35.7 Å². The van der Waals surface area contributed by atoms with E-state index in [-0.39, 0.29) is 5.43 Å². The summed E-state index contributed by atoms with van der Waals surface area (Å²) in [4.78, 5) is 24.0. The fourth-order valence-corrected chi connectivity index (χ4v) is 4.13. The summed E-state index contributed by atoms with van der Waals surface area (Å²) in [6, 6.07) is 2.68. The monoisotopic (exact) mass is 375 g/mol. The Morgan fingerprint density at radius 1 is 1.18 bits per heavy atom. The van der Waals surface area contributed by atoms with Crippen LogP contribution in [0.5, 0.6) is 0 Å². The van der Waals surface area contributed by atoms with Crippen LogP contribution in [0, 0.1) is 0 Å². The standard InChI is InChI=1S/C20H21N7O/c28-18-9-20(27-5-4-21-12-27)23-10-16(18)17-11-22-19(26-25-17)8-13-6-14-2-1-3-15(7-13)24-14/h4-5,8-12,14-15,24H,1-3,6-7H2,(H,23,28)/t14-,15+. The normalized spacial score (nSPS) is 23.1. The van der Waals surface area contributed by atoms with Crippen molar-refractivity contribution < 1.29 is 0 Å². The zero-order valence-corrected chi connectivity index (χ0v) is 15.4. The second kappa shape index (κ2) is 7.12. The van der Waals surface area contributed by atoms with Crippen molar-refractivity contribution in [3.8, 4) is 17.1 Å². The van der Waals surface area contributed by atoms with Crippen LogP contribution >= 0.6 is 0 Å². The Morgan fingerprint density at radius 2 is 2.04 bits per heavy atom. The number of pyridine rings is 1. The molecule has 2 atom stereocenters. The Kier molecular flexibility index (Phi) is 4.32. The number of imidazole rings is 1. The van der Waals surface area contributed by atoms with E-state index in [1.165, 1.54) is 30.9 Å². The van der Waals surface area contributed by atoms with Crippen LogP contribution in [0.3, 0.4) is 0 Å². The molecule has 2 saturated heterocycles. The molecule has 0 radical (unpaired) electrons. The number of H-pyrrole nitrogens is 1. The molecule has 0 unspecified atom stereocenters. The van der Waals surface area contributed by atoms with Crippen molar-refractivity contribution in [2.75, 3.05) is 0 Å². The second-order valence-electron chi connectivity index (χ2n) is 7.47. The molecule has 2 aliphatic heterocycles. The van der Waals surface area contributed by atoms with E-state index >= 15 is 0 Å². The van der Waals surface area contributed by atoms with Gasteiger partial charge < -0.3 is 10.3 Å². The van der Waals surface area contributed by atoms with E-state index in [2.05, 4.69) is 36.5 Å². The summed E-state index contributed by atoms with van der Waals surface area (Å²) in [7, 11) is 0. The van der Waals surface area contributed by atoms with E-state index < -0.39 is 0 Å². The van der Waals surface area contributed by atoms with Gasteiger partial charge in [-0.25, -0.2) is 9.97 Å². The minimum atomic E-state index is -0.143. The van der Waals surface area contributed by atoms with Crippen LogP contribution in [0.1, 0.15) is 37.9 Å². The first-order valence-electron chi connectivity index (χ1n) is 9.61. The number of piperidine rings is 2. The molecule has 5 heterocycles. The van der Waals surface area contributed by atoms with Crippen molar-refractivity contribution in [1.29, 1.82) is 0 Å². The van der Waals surface area contributed by atoms with E-state index in [1.807, 2.05) is 0 Å². The molecule has 2 bridgehead atoms. The largest absolute Gasteiger partial charge is 0.347 e. The lowest BCUT2D eigenvalue weighted by atomic mass is 9.84. The van der Waals surface area contributed by atoms with Gasteiger partial charge in [-0.05, 0) is 31.8 Å². The molecule has 5 rings (SSSR count). The van der Waals surface area contributed by atoms with Crippen LogP contribution in [-0.2, 0) is 0 Å². The van der Waals surface area contributed by atoms with Crippen molar-refractivity contribution in [2.45, 2.75) is 44.2 Å². The predicted molar refractivity (Wildman–Crippen MR) is 105 cm³/mol. The van der Waals surface area contributed by atoms with Gasteiger partial charge in [0.25, 0.3) is 0 Å². The molecule has 2 aliphatic rings. The molecule has 0 saturated carbocycles. The van der Waals surface area contributed by atoms with E-state index in [9.17, 15) is 4.79 Å². The van der Waals surface area contributed by atoms with Crippen molar-refractivity contribution in [2.24, 2.45) is 0 Å². The highest BCUT2D eigenvalue weighted by Crippen LogP contribution is 2.29. The lowest BCUT2D eigenvalue weighted by Gasteiger charge is -2.37. The summed E-state index contributed by atoms with van der Waals surface area (Å²) in [6.07, 6.45) is 16.3. The molecule has 8 heteroatoms. The number of hydrogen-bond donors (Lipinski definition) is 2. The van der Waals surface area contributed by atoms with Gasteiger partial charge in [0.15, 0.2) is 11.3 Å². The molecule has 0 aliphatic carbocycles. The van der Waals surface area contributed by atoms with E-state index in [0.29, 0.717) is 35.0 Å². The summed E-state index contributed by atoms with van der Waals surface area (Å²) >= 11 is 0. The zero-order valence-electron chi connectivity index (χ0n) is 15.4. The number of hydrogen-bond acceptors (Lipinski definition) is 6. The summed E-state index contributed by atoms with van der Waals surface area (Å²) < 4.78 is 1.73. The minimum Gasteiger partial charge on any atom is -0.347 e. The van der Waals surface area contributed by atoms with Crippen LogP contribution < -0.4 is 10.7 Å². The molecule has 3 aromatic rings. The maximum absolute atomic E-state index is 12.5. The van der Waals surface area contributed by atoms with Crippen molar-refractivity contribution in [3.63, 3.8) is 0 Å². The zero-order chi connectivity index (χ0) is 18.9. The van der Waals surface area contributed by atoms with E-state index in [0.717, 1.165) is 12.8 Å². The number of rotatable bonds is 3. The quantitative estimate of drug-likeness (QED) is 0.727. The molecule has 0 spiro atoms. The Labute approximate surface area is 161 Å². The first-order chi connectivity index (χ1) is 13.7. The summed E-state index contributed by atoms with van der Waals surface area (Å²) in [5, 5.41) is 12.1. The fraction of sp³-hybridized carbons (Fsp3) is 0.350. The van der Waals surface area contributed by atoms with Gasteiger partial charge in [0.2, 0.25) is 0 Å². The molecule has 142 valence electrons. The summed E-state index contributed by atoms with van der Waals surface area (Å²) in [5.41, 5.74) is 2.14. The smallest absolute Gasteiger partial charge is 0.193 e. The number of aromatic nitrogens is 6. The highest BCUT2D eigenvalue weighted by atomic mass is 16.1. The maximum atomic E-state index is 12.5. The Bertz CT molecular complexity index is 1040. The SMILES string of the molecule is O=c1cc(-n2ccnc2)[nH]cc1-c1cnc(C=C2C[C@H]3CCC[C@@H](C2)N3)nn1. The third-order valence-electron chi connectivity index (χ3n) is 5.46. The first-order valence-corrected chi connectivity index (χ1v) is 9.61. The topological polar surface area (TPSA) is 101 Å². The molecule has 2 N–H and O–H groups in total. The Morgan fingerprint density at radius 3 is 2.71 bits per heavy atom. The van der Waals surface area contributed by atoms with Crippen LogP contribution in [-0.4, -0.2) is 41.8 Å². The second-order valence-corrected chi connectivity index (χ2v) is 7.47. The van der Waals surface area contributed by atoms with Gasteiger partial charge in [0.05, 0.1) is 11.8 Å². The van der Waals surface area contributed by atoms with Gasteiger partial charge in [-0.15, -0.1) is 10.2 Å². The Balaban J connectivity index is 1.37. The van der Waals surface area contributed by atoms with Gasteiger partial charge >= 0.3 is 0 Å². The molecular weight excluding hydrogens is 354 g/mol. The van der Waals surface area contributed by atoms with E-state index in [4.69, 9.17) is 0 Å². The van der Waals surface area contributed by atoms with Gasteiger partial charge in [-0.2, -0.15) is 0 Å². The van der Waals surface area contributed by atoms with Gasteiger partial charge in [0, 0.05) is 36.7 Å². The number of nitrogens with one attached hydrogen (secondary N) is 2. The van der Waals surface area contributed by atoms with Crippen LogP contribution in [0.2, 0.25) is 0 Å². The molecule has 28 heavy (non-hydrogen) atoms. The molecule has 0 amide bonds. The number of fused-ring (bicyclic) bond motifs is 2. The van der Waals surface area contributed by atoms with Crippen molar-refractivity contribution >= 4 is 6.08 Å². The summed E-state index contributed by atoms with van der Waals surface area (Å²) in [5.74, 6) is 1.25. The third kappa shape index (κ3) is 3.38. The number of aromatic amines is 1. The maximum Gasteiger partial charge on any atom is 0.193 e. The first kappa shape index (κ1) is 17.0. The van der Waals surface area contributed by atoms with Gasteiger partial charge in [-0.1, -0.05) is 12.0 Å². The van der Waals surface area contributed by atoms with Gasteiger partial charge in [0.1, 0.15) is 17.8 Å². The average molecular weight is 375 g/mol. The Hall–Kier alpha value is -3.13. The lowest BCUT2D eigenvalue weighted by molar-refractivity contribution is 0.283. The van der Waals surface area contributed by atoms with Crippen LogP contribution in [0.25, 0.3) is 23.2 Å². The minimum absolute atomic E-state index is 0.143. The predicted octanol–water partition coefficient (Wildman–Crippen LogP) is 2.10. The fourth-order valence-electron chi connectivity index (χ4n) is 4.13. The van der Waals surface area contributed by atoms with Crippen LogP contribution in [0.4, 0.5) is 0 Å². The van der Waals surface area contributed by atoms with Crippen molar-refractivity contribution in [3.05, 3.63) is 58.8 Å². The molecular formula is C20H21N7O. The molecule has 3 aromatic heterocycles. The van der Waals surface area contributed by atoms with Crippen molar-refractivity contribution in [1.82, 2.24) is 35.0 Å². The highest BCUT2D eigenvalue weighted by molar-refractivity contribution is 5.57. The van der Waals surface area contributed by atoms with Gasteiger partial charge in [-0.3, -0.25) is 9.36 Å². The lowest BCUT2D eigenvalue weighted by Crippen LogP contribution is -2.46. The molecule has 0 aromatic carbocycles. The highest BCUT2D eigenvalue weighted by Gasteiger charge is 2.27. The number of nitrogens with zero attached hydrogens (tertiary/aromatic N) is 5. The summed E-state index contributed by atoms with van der Waals surface area (Å²) in [6.45, 7) is 0. The third-order valence-corrected chi connectivity index (χ3v) is 5.46. The molecule has 8 nitrogen and oxygen atoms in total. The molecule has 2 fully saturated rings. The average Bonchev–Trinajstić information content (AvgIpc) is 3.23. The van der Waals surface area contributed by atoms with Crippen LogP contribution in [0.15, 0.2) is 47.5 Å².